The molecule has 32 heavy (non-hydrogen) atoms. The van der Waals surface area contributed by atoms with Crippen LogP contribution >= 0.6 is 0 Å². The van der Waals surface area contributed by atoms with Gasteiger partial charge < -0.3 is 25.6 Å². The minimum atomic E-state index is -4.61. The van der Waals surface area contributed by atoms with E-state index in [0.29, 0.717) is 37.4 Å². The van der Waals surface area contributed by atoms with Gasteiger partial charge in [0, 0.05) is 45.2 Å². The van der Waals surface area contributed by atoms with Crippen LogP contribution in [0.25, 0.3) is 0 Å². The van der Waals surface area contributed by atoms with Gasteiger partial charge in [0.05, 0.1) is 16.8 Å². The van der Waals surface area contributed by atoms with Crippen molar-refractivity contribution in [3.8, 4) is 0 Å². The molecule has 10 heteroatoms. The number of para-hydroxylation sites is 1. The van der Waals surface area contributed by atoms with Crippen LogP contribution in [0.15, 0.2) is 42.5 Å². The van der Waals surface area contributed by atoms with Crippen molar-refractivity contribution >= 4 is 29.0 Å². The van der Waals surface area contributed by atoms with E-state index in [0.717, 1.165) is 6.07 Å². The summed E-state index contributed by atoms with van der Waals surface area (Å²) < 4.78 is 44.6. The summed E-state index contributed by atoms with van der Waals surface area (Å²) in [6.07, 6.45) is -3.96. The zero-order chi connectivity index (χ0) is 23.7. The minimum absolute atomic E-state index is 0.261. The fourth-order valence-corrected chi connectivity index (χ4v) is 2.93. The molecular weight excluding hydrogens is 425 g/mol. The van der Waals surface area contributed by atoms with Crippen molar-refractivity contribution in [1.82, 2.24) is 5.32 Å². The summed E-state index contributed by atoms with van der Waals surface area (Å²) in [6, 6.07) is 8.51. The Kier molecular flexibility index (Phi) is 8.89. The van der Waals surface area contributed by atoms with Crippen LogP contribution in [0.1, 0.15) is 29.3 Å². The Morgan fingerprint density at radius 2 is 1.78 bits per heavy atom. The zero-order valence-electron chi connectivity index (χ0n) is 18.2. The largest absolute Gasteiger partial charge is 0.418 e. The number of hydrogen-bond donors (Lipinski definition) is 3. The summed E-state index contributed by atoms with van der Waals surface area (Å²) >= 11 is 0. The van der Waals surface area contributed by atoms with E-state index in [9.17, 15) is 22.8 Å². The highest BCUT2D eigenvalue weighted by atomic mass is 19.4. The van der Waals surface area contributed by atoms with Gasteiger partial charge in [0.25, 0.3) is 5.91 Å². The predicted octanol–water partition coefficient (Wildman–Crippen LogP) is 4.57. The fourth-order valence-electron chi connectivity index (χ4n) is 2.93. The first-order valence-corrected chi connectivity index (χ1v) is 10.0. The molecule has 3 N–H and O–H groups in total. The third-order valence-corrected chi connectivity index (χ3v) is 4.42. The van der Waals surface area contributed by atoms with Gasteiger partial charge in [-0.3, -0.25) is 4.79 Å². The Bertz CT molecular complexity index is 933. The third kappa shape index (κ3) is 7.16. The standard InChI is InChI=1S/C22H27F3N4O3/c1-4-32-13-7-12-26-20(30)16-14-15(10-11-19(16)29(2)3)27-21(31)28-18-9-6-5-8-17(18)22(23,24)25/h5-6,8-11,14H,4,7,12-13H2,1-3H3,(H,26,30)(H2,27,28,31). The number of ether oxygens (including phenoxy) is 1. The third-order valence-electron chi connectivity index (χ3n) is 4.42. The summed E-state index contributed by atoms with van der Waals surface area (Å²) in [5.41, 5.74) is -0.113. The van der Waals surface area contributed by atoms with Crippen LogP contribution in [-0.2, 0) is 10.9 Å². The summed E-state index contributed by atoms with van der Waals surface area (Å²) in [5, 5.41) is 7.49. The van der Waals surface area contributed by atoms with E-state index in [1.54, 1.807) is 31.1 Å². The van der Waals surface area contributed by atoms with Crippen molar-refractivity contribution in [3.05, 3.63) is 53.6 Å². The number of hydrogen-bond acceptors (Lipinski definition) is 4. The number of nitrogens with one attached hydrogen (secondary N) is 3. The minimum Gasteiger partial charge on any atom is -0.382 e. The second-order valence-electron chi connectivity index (χ2n) is 7.06. The van der Waals surface area contributed by atoms with Crippen molar-refractivity contribution in [2.24, 2.45) is 0 Å². The fraction of sp³-hybridized carbons (Fsp3) is 0.364. The molecule has 0 radical (unpaired) electrons. The normalized spacial score (nSPS) is 11.1. The molecule has 0 aliphatic rings. The number of anilines is 3. The van der Waals surface area contributed by atoms with Gasteiger partial charge >= 0.3 is 12.2 Å². The summed E-state index contributed by atoms with van der Waals surface area (Å²) in [7, 11) is 3.55. The Labute approximate surface area is 184 Å². The van der Waals surface area contributed by atoms with E-state index in [1.807, 2.05) is 6.92 Å². The first kappa shape index (κ1) is 25.0. The molecule has 3 amide bonds. The lowest BCUT2D eigenvalue weighted by Gasteiger charge is -2.19. The molecule has 2 aromatic rings. The summed E-state index contributed by atoms with van der Waals surface area (Å²) in [5.74, 6) is -0.336. The van der Waals surface area contributed by atoms with E-state index in [4.69, 9.17) is 4.74 Å². The number of benzene rings is 2. The SMILES string of the molecule is CCOCCCNC(=O)c1cc(NC(=O)Nc2ccccc2C(F)(F)F)ccc1N(C)C. The number of nitrogens with zero attached hydrogens (tertiary/aromatic N) is 1. The van der Waals surface area contributed by atoms with E-state index in [-0.39, 0.29) is 17.3 Å². The molecule has 0 heterocycles. The number of urea groups is 1. The van der Waals surface area contributed by atoms with Crippen LogP contribution in [0.2, 0.25) is 0 Å². The van der Waals surface area contributed by atoms with E-state index in [1.165, 1.54) is 24.3 Å². The molecule has 0 atom stereocenters. The number of rotatable bonds is 9. The Hall–Kier alpha value is -3.27. The van der Waals surface area contributed by atoms with Crippen molar-refractivity contribution in [2.75, 3.05) is 49.4 Å². The van der Waals surface area contributed by atoms with E-state index >= 15 is 0 Å². The van der Waals surface area contributed by atoms with Crippen LogP contribution in [-0.4, -0.2) is 45.8 Å². The maximum absolute atomic E-state index is 13.1. The molecule has 0 aromatic heterocycles. The Balaban J connectivity index is 2.13. The molecule has 2 rings (SSSR count). The van der Waals surface area contributed by atoms with Gasteiger partial charge in [0.15, 0.2) is 0 Å². The molecule has 0 fully saturated rings. The summed E-state index contributed by atoms with van der Waals surface area (Å²) in [4.78, 5) is 26.7. The van der Waals surface area contributed by atoms with Crippen LogP contribution in [0, 0.1) is 0 Å². The lowest BCUT2D eigenvalue weighted by Crippen LogP contribution is -2.28. The number of halogens is 3. The van der Waals surface area contributed by atoms with Crippen molar-refractivity contribution in [3.63, 3.8) is 0 Å². The van der Waals surface area contributed by atoms with Gasteiger partial charge in [-0.15, -0.1) is 0 Å². The van der Waals surface area contributed by atoms with E-state index < -0.39 is 17.8 Å². The van der Waals surface area contributed by atoms with Crippen molar-refractivity contribution < 1.29 is 27.5 Å². The quantitative estimate of drug-likeness (QED) is 0.487. The lowest BCUT2D eigenvalue weighted by atomic mass is 10.1. The number of carbonyl (C=O) groups excluding carboxylic acids is 2. The van der Waals surface area contributed by atoms with Gasteiger partial charge in [-0.25, -0.2) is 4.79 Å². The molecule has 0 spiro atoms. The Morgan fingerprint density at radius 3 is 2.44 bits per heavy atom. The lowest BCUT2D eigenvalue weighted by molar-refractivity contribution is -0.136. The highest BCUT2D eigenvalue weighted by molar-refractivity contribution is 6.04. The second-order valence-corrected chi connectivity index (χ2v) is 7.06. The molecule has 0 saturated carbocycles. The predicted molar refractivity (Wildman–Crippen MR) is 118 cm³/mol. The van der Waals surface area contributed by atoms with Gasteiger partial charge in [-0.05, 0) is 43.7 Å². The number of carbonyl (C=O) groups is 2. The smallest absolute Gasteiger partial charge is 0.382 e. The molecule has 2 aromatic carbocycles. The van der Waals surface area contributed by atoms with Gasteiger partial charge in [-0.2, -0.15) is 13.2 Å². The first-order valence-electron chi connectivity index (χ1n) is 10.0. The number of alkyl halides is 3. The Morgan fingerprint density at radius 1 is 1.06 bits per heavy atom. The highest BCUT2D eigenvalue weighted by Gasteiger charge is 2.33. The molecule has 174 valence electrons. The summed E-state index contributed by atoms with van der Waals surface area (Å²) in [6.45, 7) is 3.43. The first-order chi connectivity index (χ1) is 15.1. The molecule has 0 aliphatic carbocycles. The van der Waals surface area contributed by atoms with Gasteiger partial charge in [0.1, 0.15) is 0 Å². The van der Waals surface area contributed by atoms with Crippen LogP contribution in [0.4, 0.5) is 35.0 Å². The molecular formula is C22H27F3N4O3. The van der Waals surface area contributed by atoms with Crippen LogP contribution < -0.4 is 20.9 Å². The molecule has 7 nitrogen and oxygen atoms in total. The van der Waals surface area contributed by atoms with Gasteiger partial charge in [0.2, 0.25) is 0 Å². The average molecular weight is 452 g/mol. The van der Waals surface area contributed by atoms with E-state index in [2.05, 4.69) is 16.0 Å². The zero-order valence-corrected chi connectivity index (χ0v) is 18.2. The number of amides is 3. The van der Waals surface area contributed by atoms with Crippen LogP contribution in [0.5, 0.6) is 0 Å². The van der Waals surface area contributed by atoms with Gasteiger partial charge in [-0.1, -0.05) is 12.1 Å². The monoisotopic (exact) mass is 452 g/mol. The maximum Gasteiger partial charge on any atom is 0.418 e. The van der Waals surface area contributed by atoms with Crippen molar-refractivity contribution in [2.45, 2.75) is 19.5 Å². The second kappa shape index (κ2) is 11.4. The topological polar surface area (TPSA) is 82.7 Å². The molecule has 0 aliphatic heterocycles. The molecule has 0 unspecified atom stereocenters. The average Bonchev–Trinajstić information content (AvgIpc) is 2.72. The van der Waals surface area contributed by atoms with Crippen LogP contribution in [0.3, 0.4) is 0 Å². The molecule has 0 saturated heterocycles. The maximum atomic E-state index is 13.1. The highest BCUT2D eigenvalue weighted by Crippen LogP contribution is 2.34. The van der Waals surface area contributed by atoms with Crippen molar-refractivity contribution in [1.29, 1.82) is 0 Å². The molecule has 0 bridgehead atoms.